The molecule has 0 saturated heterocycles. The summed E-state index contributed by atoms with van der Waals surface area (Å²) in [7, 11) is 7.35. The van der Waals surface area contributed by atoms with Gasteiger partial charge in [0.1, 0.15) is 11.3 Å². The Labute approximate surface area is 305 Å². The fourth-order valence-electron chi connectivity index (χ4n) is 4.77. The number of para-hydroxylation sites is 1. The molecule has 0 atom stereocenters. The zero-order valence-corrected chi connectivity index (χ0v) is 30.5. The van der Waals surface area contributed by atoms with E-state index in [-0.39, 0.29) is 46.2 Å². The minimum Gasteiger partial charge on any atom is -0.496 e. The Kier molecular flexibility index (Phi) is 13.0. The highest BCUT2D eigenvalue weighted by Gasteiger charge is 2.19. The lowest BCUT2D eigenvalue weighted by Crippen LogP contribution is -2.18. The predicted octanol–water partition coefficient (Wildman–Crippen LogP) is 6.96. The lowest BCUT2D eigenvalue weighted by atomic mass is 9.87. The molecule has 0 saturated carbocycles. The van der Waals surface area contributed by atoms with E-state index in [1.807, 2.05) is 24.3 Å². The number of benzene rings is 3. The largest absolute Gasteiger partial charge is 0.496 e. The van der Waals surface area contributed by atoms with E-state index in [4.69, 9.17) is 14.2 Å². The van der Waals surface area contributed by atoms with Gasteiger partial charge in [-0.25, -0.2) is 23.5 Å². The van der Waals surface area contributed by atoms with Gasteiger partial charge in [0, 0.05) is 25.5 Å². The average molecular weight is 730 g/mol. The third-order valence-electron chi connectivity index (χ3n) is 7.51. The minimum atomic E-state index is -0.601. The quantitative estimate of drug-likeness (QED) is 0.0884. The Morgan fingerprint density at radius 1 is 0.717 bits per heavy atom. The maximum atomic E-state index is 14.4. The first-order valence-corrected chi connectivity index (χ1v) is 16.1. The lowest BCUT2D eigenvalue weighted by molar-refractivity contribution is 0.0597. The van der Waals surface area contributed by atoms with Crippen LogP contribution in [0, 0.1) is 11.6 Å². The minimum absolute atomic E-state index is 0.00683. The Balaban J connectivity index is 0.000000251. The Hall–Kier alpha value is -6.58. The van der Waals surface area contributed by atoms with Gasteiger partial charge >= 0.3 is 5.97 Å². The van der Waals surface area contributed by atoms with Crippen LogP contribution in [0.2, 0.25) is 0 Å². The zero-order chi connectivity index (χ0) is 38.7. The summed E-state index contributed by atoms with van der Waals surface area (Å²) in [5, 5.41) is 14.0. The summed E-state index contributed by atoms with van der Waals surface area (Å²) in [5.41, 5.74) is 3.29. The third kappa shape index (κ3) is 10.0. The SMILES string of the molecule is CNC(=O)c1cc(Nc2nc(NC)ncc2F)ccc1OC.COC(=O)c1cccc(Nc2ncc(F)c(Nc3cccc(C(C)(C)C)c3)n2)c1OC. The molecule has 0 aliphatic rings. The molecule has 5 aromatic rings. The van der Waals surface area contributed by atoms with Crippen LogP contribution in [0.3, 0.4) is 0 Å². The smallest absolute Gasteiger partial charge is 0.341 e. The number of anilines is 7. The fourth-order valence-corrected chi connectivity index (χ4v) is 4.77. The number of amides is 1. The predicted molar refractivity (Wildman–Crippen MR) is 199 cm³/mol. The normalized spacial score (nSPS) is 10.6. The summed E-state index contributed by atoms with van der Waals surface area (Å²) in [5.74, 6) is -0.905. The molecule has 1 amide bonds. The maximum Gasteiger partial charge on any atom is 0.341 e. The van der Waals surface area contributed by atoms with Crippen LogP contribution in [0.15, 0.2) is 73.1 Å². The molecular formula is C37H41F2N9O5. The molecule has 0 aliphatic carbocycles. The summed E-state index contributed by atoms with van der Waals surface area (Å²) in [6.45, 7) is 6.32. The highest BCUT2D eigenvalue weighted by atomic mass is 19.1. The molecule has 16 heteroatoms. The highest BCUT2D eigenvalue weighted by molar-refractivity contribution is 5.98. The topological polar surface area (TPSA) is 174 Å². The van der Waals surface area contributed by atoms with Gasteiger partial charge in [0.15, 0.2) is 29.0 Å². The van der Waals surface area contributed by atoms with E-state index in [1.54, 1.807) is 43.4 Å². The molecule has 53 heavy (non-hydrogen) atoms. The van der Waals surface area contributed by atoms with E-state index in [1.165, 1.54) is 28.4 Å². The molecule has 0 spiro atoms. The van der Waals surface area contributed by atoms with E-state index in [0.717, 1.165) is 18.0 Å². The number of carbonyl (C=O) groups excluding carboxylic acids is 2. The van der Waals surface area contributed by atoms with E-state index in [2.05, 4.69) is 67.3 Å². The zero-order valence-electron chi connectivity index (χ0n) is 30.5. The van der Waals surface area contributed by atoms with Crippen LogP contribution in [0.5, 0.6) is 11.5 Å². The van der Waals surface area contributed by atoms with Crippen molar-refractivity contribution in [2.75, 3.05) is 56.7 Å². The van der Waals surface area contributed by atoms with Gasteiger partial charge in [0.2, 0.25) is 11.9 Å². The summed E-state index contributed by atoms with van der Waals surface area (Å²) in [4.78, 5) is 39.8. The number of nitrogens with one attached hydrogen (secondary N) is 5. The molecule has 0 radical (unpaired) electrons. The van der Waals surface area contributed by atoms with Crippen LogP contribution < -0.4 is 36.1 Å². The molecule has 0 bridgehead atoms. The van der Waals surface area contributed by atoms with Gasteiger partial charge in [-0.05, 0) is 53.4 Å². The van der Waals surface area contributed by atoms with Gasteiger partial charge in [-0.1, -0.05) is 39.0 Å². The van der Waals surface area contributed by atoms with Gasteiger partial charge in [0.25, 0.3) is 5.91 Å². The number of carbonyl (C=O) groups is 2. The van der Waals surface area contributed by atoms with Gasteiger partial charge in [-0.2, -0.15) is 9.97 Å². The van der Waals surface area contributed by atoms with E-state index < -0.39 is 17.6 Å². The van der Waals surface area contributed by atoms with Crippen LogP contribution in [0.1, 0.15) is 47.1 Å². The summed E-state index contributed by atoms with van der Waals surface area (Å²) in [6, 6.07) is 17.5. The van der Waals surface area contributed by atoms with Gasteiger partial charge in [-0.15, -0.1) is 0 Å². The molecule has 2 aromatic heterocycles. The van der Waals surface area contributed by atoms with Crippen molar-refractivity contribution >= 4 is 52.5 Å². The molecule has 14 nitrogen and oxygen atoms in total. The van der Waals surface area contributed by atoms with Crippen molar-refractivity contribution in [1.29, 1.82) is 0 Å². The number of methoxy groups -OCH3 is 3. The van der Waals surface area contributed by atoms with Crippen molar-refractivity contribution in [3.05, 3.63) is 101 Å². The molecule has 0 unspecified atom stereocenters. The van der Waals surface area contributed by atoms with Gasteiger partial charge in [0.05, 0.1) is 45.0 Å². The van der Waals surface area contributed by atoms with Crippen LogP contribution in [-0.4, -0.2) is 67.2 Å². The maximum absolute atomic E-state index is 14.4. The van der Waals surface area contributed by atoms with Crippen LogP contribution >= 0.6 is 0 Å². The van der Waals surface area contributed by atoms with E-state index in [0.29, 0.717) is 28.4 Å². The number of hydrogen-bond donors (Lipinski definition) is 5. The molecule has 3 aromatic carbocycles. The third-order valence-corrected chi connectivity index (χ3v) is 7.51. The Morgan fingerprint density at radius 2 is 1.34 bits per heavy atom. The van der Waals surface area contributed by atoms with Crippen LogP contribution in [0.4, 0.5) is 49.4 Å². The van der Waals surface area contributed by atoms with Crippen molar-refractivity contribution in [2.24, 2.45) is 0 Å². The molecule has 0 fully saturated rings. The van der Waals surface area contributed by atoms with Gasteiger partial charge in [-0.3, -0.25) is 4.79 Å². The molecule has 5 rings (SSSR count). The second-order valence-corrected chi connectivity index (χ2v) is 12.1. The average Bonchev–Trinajstić information content (AvgIpc) is 3.16. The molecular weight excluding hydrogens is 688 g/mol. The number of hydrogen-bond acceptors (Lipinski definition) is 13. The van der Waals surface area contributed by atoms with Crippen molar-refractivity contribution in [3.63, 3.8) is 0 Å². The first-order chi connectivity index (χ1) is 25.3. The summed E-state index contributed by atoms with van der Waals surface area (Å²) in [6.07, 6.45) is 2.13. The van der Waals surface area contributed by atoms with Crippen molar-refractivity contribution in [1.82, 2.24) is 25.3 Å². The number of rotatable bonds is 11. The van der Waals surface area contributed by atoms with Crippen LogP contribution in [-0.2, 0) is 10.2 Å². The first-order valence-electron chi connectivity index (χ1n) is 16.1. The summed E-state index contributed by atoms with van der Waals surface area (Å²) >= 11 is 0. The molecule has 2 heterocycles. The lowest BCUT2D eigenvalue weighted by Gasteiger charge is -2.20. The number of nitrogens with zero attached hydrogens (tertiary/aromatic N) is 4. The summed E-state index contributed by atoms with van der Waals surface area (Å²) < 4.78 is 43.4. The number of esters is 1. The van der Waals surface area contributed by atoms with Crippen molar-refractivity contribution < 1.29 is 32.6 Å². The second kappa shape index (κ2) is 17.6. The molecule has 278 valence electrons. The Bertz CT molecular complexity index is 2080. The fraction of sp³-hybridized carbons (Fsp3) is 0.243. The standard InChI is InChI=1S/C23H25FN4O3.C14H16FN5O2/c1-23(2,3)14-8-6-9-15(12-14)26-20-17(24)13-25-22(28-20)27-18-11-7-10-16(19(18)30-4)21(29)31-5;1-16-13(21)9-6-8(4-5-11(9)22-3)19-12-10(15)7-18-14(17-2)20-12/h6-13H,1-5H3,(H2,25,26,27,28);4-7H,1-3H3,(H,16,21)(H2,17,18,19,20). The van der Waals surface area contributed by atoms with E-state index >= 15 is 0 Å². The highest BCUT2D eigenvalue weighted by Crippen LogP contribution is 2.32. The monoisotopic (exact) mass is 729 g/mol. The number of aromatic nitrogens is 4. The second-order valence-electron chi connectivity index (χ2n) is 12.1. The Morgan fingerprint density at radius 3 is 1.92 bits per heavy atom. The number of halogens is 2. The van der Waals surface area contributed by atoms with Gasteiger partial charge < -0.3 is 40.8 Å². The van der Waals surface area contributed by atoms with E-state index in [9.17, 15) is 18.4 Å². The van der Waals surface area contributed by atoms with Crippen LogP contribution in [0.25, 0.3) is 0 Å². The van der Waals surface area contributed by atoms with Crippen molar-refractivity contribution in [3.8, 4) is 11.5 Å². The first kappa shape index (κ1) is 39.2. The number of ether oxygens (including phenoxy) is 3. The van der Waals surface area contributed by atoms with Crippen molar-refractivity contribution in [2.45, 2.75) is 26.2 Å². The molecule has 5 N–H and O–H groups in total. The molecule has 0 aliphatic heterocycles.